The predicted octanol–water partition coefficient (Wildman–Crippen LogP) is 3.99. The minimum absolute atomic E-state index is 0.189. The van der Waals surface area contributed by atoms with Crippen LogP contribution in [0.25, 0.3) is 17.1 Å². The fourth-order valence-corrected chi connectivity index (χ4v) is 3.52. The van der Waals surface area contributed by atoms with Gasteiger partial charge in [-0.3, -0.25) is 4.79 Å². The second kappa shape index (κ2) is 7.40. The molecule has 1 amide bonds. The Morgan fingerprint density at radius 1 is 1.18 bits per heavy atom. The zero-order valence-electron chi connectivity index (χ0n) is 15.3. The first-order valence-electron chi connectivity index (χ1n) is 8.57. The van der Waals surface area contributed by atoms with Gasteiger partial charge in [0.05, 0.1) is 30.1 Å². The summed E-state index contributed by atoms with van der Waals surface area (Å²) in [6, 6.07) is 13.0. The number of amides is 1. The number of rotatable bonds is 4. The molecule has 4 rings (SSSR count). The van der Waals surface area contributed by atoms with Crippen LogP contribution in [-0.4, -0.2) is 30.5 Å². The summed E-state index contributed by atoms with van der Waals surface area (Å²) in [4.78, 5) is 16.8. The molecule has 0 radical (unpaired) electrons. The van der Waals surface area contributed by atoms with E-state index in [-0.39, 0.29) is 5.91 Å². The minimum Gasteiger partial charge on any atom is -0.332 e. The van der Waals surface area contributed by atoms with E-state index >= 15 is 0 Å². The number of aromatic nitrogens is 5. The van der Waals surface area contributed by atoms with E-state index < -0.39 is 0 Å². The molecule has 28 heavy (non-hydrogen) atoms. The molecular weight excluding hydrogens is 420 g/mol. The number of hydrogen-bond acceptors (Lipinski definition) is 4. The van der Waals surface area contributed by atoms with Crippen LogP contribution >= 0.6 is 15.9 Å². The summed E-state index contributed by atoms with van der Waals surface area (Å²) < 4.78 is 4.43. The van der Waals surface area contributed by atoms with Gasteiger partial charge in [-0.05, 0) is 48.9 Å². The number of anilines is 1. The van der Waals surface area contributed by atoms with Crippen LogP contribution in [0, 0.1) is 6.92 Å². The number of imidazole rings is 1. The van der Waals surface area contributed by atoms with Gasteiger partial charge >= 0.3 is 0 Å². The molecule has 8 heteroatoms. The number of nitrogens with one attached hydrogen (secondary N) is 1. The van der Waals surface area contributed by atoms with E-state index in [0.29, 0.717) is 11.3 Å². The van der Waals surface area contributed by atoms with Crippen LogP contribution in [0.2, 0.25) is 0 Å². The molecule has 2 aromatic carbocycles. The van der Waals surface area contributed by atoms with Gasteiger partial charge in [0.15, 0.2) is 0 Å². The molecule has 0 bridgehead atoms. The van der Waals surface area contributed by atoms with Crippen molar-refractivity contribution in [1.82, 2.24) is 24.5 Å². The van der Waals surface area contributed by atoms with E-state index in [1.54, 1.807) is 29.3 Å². The van der Waals surface area contributed by atoms with Crippen molar-refractivity contribution >= 4 is 27.5 Å². The highest BCUT2D eigenvalue weighted by molar-refractivity contribution is 9.10. The molecule has 2 aromatic heterocycles. The second-order valence-corrected chi connectivity index (χ2v) is 7.38. The third-order valence-corrected chi connectivity index (χ3v) is 4.70. The second-order valence-electron chi connectivity index (χ2n) is 6.46. The van der Waals surface area contributed by atoms with Crippen LogP contribution < -0.4 is 5.32 Å². The zero-order chi connectivity index (χ0) is 19.7. The Bertz CT molecular complexity index is 1140. The lowest BCUT2D eigenvalue weighted by Crippen LogP contribution is -2.12. The lowest BCUT2D eigenvalue weighted by Gasteiger charge is -2.08. The third kappa shape index (κ3) is 3.72. The van der Waals surface area contributed by atoms with Gasteiger partial charge < -0.3 is 9.88 Å². The Morgan fingerprint density at radius 2 is 2.04 bits per heavy atom. The highest BCUT2D eigenvalue weighted by Gasteiger charge is 2.11. The van der Waals surface area contributed by atoms with Gasteiger partial charge in [0, 0.05) is 22.8 Å². The number of aryl methyl sites for hydroxylation is 2. The zero-order valence-corrected chi connectivity index (χ0v) is 16.9. The van der Waals surface area contributed by atoms with E-state index in [1.165, 1.54) is 0 Å². The van der Waals surface area contributed by atoms with Crippen LogP contribution in [0.4, 0.5) is 5.69 Å². The summed E-state index contributed by atoms with van der Waals surface area (Å²) in [5, 5.41) is 11.3. The maximum Gasteiger partial charge on any atom is 0.255 e. The average Bonchev–Trinajstić information content (AvgIpc) is 3.29. The summed E-state index contributed by atoms with van der Waals surface area (Å²) in [7, 11) is 1.90. The summed E-state index contributed by atoms with van der Waals surface area (Å²) >= 11 is 3.45. The topological polar surface area (TPSA) is 77.6 Å². The number of carbonyl (C=O) groups excluding carboxylic acids is 1. The molecule has 0 aliphatic rings. The van der Waals surface area contributed by atoms with Crippen molar-refractivity contribution in [2.45, 2.75) is 6.92 Å². The third-order valence-electron chi connectivity index (χ3n) is 4.25. The van der Waals surface area contributed by atoms with Crippen LogP contribution in [0.5, 0.6) is 0 Å². The Balaban J connectivity index is 1.58. The van der Waals surface area contributed by atoms with Crippen LogP contribution in [0.1, 0.15) is 15.9 Å². The molecular formula is C20H17BrN6O. The fourth-order valence-electron chi connectivity index (χ4n) is 2.91. The number of carbonyl (C=O) groups is 1. The van der Waals surface area contributed by atoms with Crippen LogP contribution in [0.15, 0.2) is 65.7 Å². The maximum atomic E-state index is 12.7. The fraction of sp³-hybridized carbons (Fsp3) is 0.100. The number of nitrogens with zero attached hydrogens (tertiary/aromatic N) is 5. The van der Waals surface area contributed by atoms with Gasteiger partial charge in [-0.25, -0.2) is 9.67 Å². The molecule has 7 nitrogen and oxygen atoms in total. The largest absolute Gasteiger partial charge is 0.332 e. The van der Waals surface area contributed by atoms with Crippen molar-refractivity contribution in [1.29, 1.82) is 0 Å². The van der Waals surface area contributed by atoms with Crippen molar-refractivity contribution in [3.63, 3.8) is 0 Å². The highest BCUT2D eigenvalue weighted by atomic mass is 79.9. The van der Waals surface area contributed by atoms with Gasteiger partial charge in [-0.1, -0.05) is 27.2 Å². The Labute approximate surface area is 170 Å². The summed E-state index contributed by atoms with van der Waals surface area (Å²) in [5.41, 5.74) is 4.65. The van der Waals surface area contributed by atoms with Gasteiger partial charge in [0.25, 0.3) is 5.91 Å². The van der Waals surface area contributed by atoms with Crippen molar-refractivity contribution in [2.24, 2.45) is 7.05 Å². The van der Waals surface area contributed by atoms with Gasteiger partial charge in [0.1, 0.15) is 5.69 Å². The van der Waals surface area contributed by atoms with Gasteiger partial charge in [-0.2, -0.15) is 0 Å². The number of benzene rings is 2. The molecule has 140 valence electrons. The molecule has 1 N–H and O–H groups in total. The van der Waals surface area contributed by atoms with E-state index in [1.807, 2.05) is 55.1 Å². The number of halogens is 1. The van der Waals surface area contributed by atoms with E-state index in [2.05, 4.69) is 36.5 Å². The molecule has 0 saturated carbocycles. The summed E-state index contributed by atoms with van der Waals surface area (Å²) in [6.07, 6.45) is 5.26. The Kier molecular flexibility index (Phi) is 4.79. The molecule has 0 spiro atoms. The standard InChI is InChI=1S/C20H17BrN6O/c1-13-6-15(21)9-16(7-13)23-20(28)14-4-3-5-17(8-14)27-11-18(24-25-27)19-10-22-12-26(19)2/h3-12H,1-2H3,(H,23,28). The molecule has 2 heterocycles. The average molecular weight is 437 g/mol. The lowest BCUT2D eigenvalue weighted by atomic mass is 10.1. The molecule has 0 fully saturated rings. The molecule has 4 aromatic rings. The van der Waals surface area contributed by atoms with Gasteiger partial charge in [0.2, 0.25) is 0 Å². The monoisotopic (exact) mass is 436 g/mol. The van der Waals surface area contributed by atoms with Crippen LogP contribution in [-0.2, 0) is 7.05 Å². The molecule has 0 aliphatic carbocycles. The van der Waals surface area contributed by atoms with Crippen LogP contribution in [0.3, 0.4) is 0 Å². The van der Waals surface area contributed by atoms with E-state index in [4.69, 9.17) is 0 Å². The van der Waals surface area contributed by atoms with Crippen molar-refractivity contribution in [3.05, 3.63) is 76.8 Å². The molecule has 0 unspecified atom stereocenters. The first-order chi connectivity index (χ1) is 13.5. The minimum atomic E-state index is -0.189. The normalized spacial score (nSPS) is 10.8. The summed E-state index contributed by atoms with van der Waals surface area (Å²) in [6.45, 7) is 1.98. The number of hydrogen-bond donors (Lipinski definition) is 1. The summed E-state index contributed by atoms with van der Waals surface area (Å²) in [5.74, 6) is -0.189. The van der Waals surface area contributed by atoms with E-state index in [0.717, 1.165) is 27.1 Å². The van der Waals surface area contributed by atoms with Gasteiger partial charge in [-0.15, -0.1) is 5.10 Å². The van der Waals surface area contributed by atoms with Crippen molar-refractivity contribution in [2.75, 3.05) is 5.32 Å². The Hall–Kier alpha value is -3.26. The molecule has 0 aliphatic heterocycles. The SMILES string of the molecule is Cc1cc(Br)cc(NC(=O)c2cccc(-n3cc(-c4cncn4C)nn3)c2)c1. The predicted molar refractivity (Wildman–Crippen MR) is 110 cm³/mol. The van der Waals surface area contributed by atoms with Crippen molar-refractivity contribution in [3.8, 4) is 17.1 Å². The maximum absolute atomic E-state index is 12.7. The lowest BCUT2D eigenvalue weighted by molar-refractivity contribution is 0.102. The first kappa shape index (κ1) is 18.1. The smallest absolute Gasteiger partial charge is 0.255 e. The van der Waals surface area contributed by atoms with Crippen molar-refractivity contribution < 1.29 is 4.79 Å². The highest BCUT2D eigenvalue weighted by Crippen LogP contribution is 2.21. The quantitative estimate of drug-likeness (QED) is 0.524. The Morgan fingerprint density at radius 3 is 2.79 bits per heavy atom. The molecule has 0 saturated heterocycles. The van der Waals surface area contributed by atoms with E-state index in [9.17, 15) is 4.79 Å². The first-order valence-corrected chi connectivity index (χ1v) is 9.37. The molecule has 0 atom stereocenters.